The molecule has 0 bridgehead atoms. The number of benzene rings is 1. The highest BCUT2D eigenvalue weighted by Gasteiger charge is 2.21. The quantitative estimate of drug-likeness (QED) is 0.676. The number of nitrogens with zero attached hydrogens (tertiary/aromatic N) is 5. The van der Waals surface area contributed by atoms with Gasteiger partial charge in [0.05, 0.1) is 31.8 Å². The van der Waals surface area contributed by atoms with Gasteiger partial charge in [-0.2, -0.15) is 15.0 Å². The van der Waals surface area contributed by atoms with E-state index in [1.54, 1.807) is 38.0 Å². The molecule has 1 saturated heterocycles. The van der Waals surface area contributed by atoms with Crippen LogP contribution in [0.15, 0.2) is 17.0 Å². The Morgan fingerprint density at radius 3 is 2.47 bits per heavy atom. The lowest BCUT2D eigenvalue weighted by Gasteiger charge is -2.27. The van der Waals surface area contributed by atoms with Crippen molar-refractivity contribution in [1.82, 2.24) is 19.7 Å². The van der Waals surface area contributed by atoms with E-state index in [-0.39, 0.29) is 11.4 Å². The van der Waals surface area contributed by atoms with E-state index >= 15 is 0 Å². The van der Waals surface area contributed by atoms with Gasteiger partial charge in [-0.15, -0.1) is 0 Å². The lowest BCUT2D eigenvalue weighted by molar-refractivity contribution is 0.122. The highest BCUT2D eigenvalue weighted by atomic mass is 32.2. The summed E-state index contributed by atoms with van der Waals surface area (Å²) in [5.74, 6) is 1.98. The topological polar surface area (TPSA) is 110 Å². The van der Waals surface area contributed by atoms with Crippen LogP contribution in [-0.4, -0.2) is 70.9 Å². The number of nitrogens with one attached hydrogen (secondary N) is 1. The Kier molecular flexibility index (Phi) is 6.74. The van der Waals surface area contributed by atoms with Crippen LogP contribution in [0, 0.1) is 13.8 Å². The normalized spacial score (nSPS) is 14.6. The van der Waals surface area contributed by atoms with Crippen molar-refractivity contribution >= 4 is 21.9 Å². The van der Waals surface area contributed by atoms with Crippen molar-refractivity contribution in [3.8, 4) is 5.75 Å². The number of aromatic nitrogens is 3. The van der Waals surface area contributed by atoms with E-state index < -0.39 is 10.0 Å². The summed E-state index contributed by atoms with van der Waals surface area (Å²) < 4.78 is 39.1. The van der Waals surface area contributed by atoms with E-state index in [0.717, 1.165) is 5.56 Å². The van der Waals surface area contributed by atoms with Gasteiger partial charge in [-0.25, -0.2) is 13.1 Å². The Morgan fingerprint density at radius 1 is 1.13 bits per heavy atom. The molecule has 1 fully saturated rings. The summed E-state index contributed by atoms with van der Waals surface area (Å²) in [6.07, 6.45) is 0. The lowest BCUT2D eigenvalue weighted by atomic mass is 10.1. The molecule has 2 aromatic rings. The molecule has 1 aliphatic rings. The fraction of sp³-hybridized carbons (Fsp3) is 0.526. The van der Waals surface area contributed by atoms with Crippen molar-refractivity contribution in [3.63, 3.8) is 0 Å². The third-order valence-corrected chi connectivity index (χ3v) is 6.30. The molecule has 11 heteroatoms. The maximum Gasteiger partial charge on any atom is 0.241 e. The van der Waals surface area contributed by atoms with Gasteiger partial charge in [0, 0.05) is 27.2 Å². The van der Waals surface area contributed by atoms with Gasteiger partial charge in [-0.3, -0.25) is 0 Å². The van der Waals surface area contributed by atoms with E-state index in [9.17, 15) is 8.42 Å². The molecule has 0 radical (unpaired) electrons. The summed E-state index contributed by atoms with van der Waals surface area (Å²) in [6.45, 7) is 6.04. The van der Waals surface area contributed by atoms with Gasteiger partial charge >= 0.3 is 0 Å². The van der Waals surface area contributed by atoms with E-state index in [2.05, 4.69) is 19.7 Å². The van der Waals surface area contributed by atoms with Crippen LogP contribution in [-0.2, 0) is 21.3 Å². The van der Waals surface area contributed by atoms with Crippen LogP contribution in [0.25, 0.3) is 0 Å². The Labute approximate surface area is 177 Å². The smallest absolute Gasteiger partial charge is 0.241 e. The van der Waals surface area contributed by atoms with Crippen molar-refractivity contribution in [2.24, 2.45) is 0 Å². The van der Waals surface area contributed by atoms with E-state index in [4.69, 9.17) is 9.47 Å². The highest BCUT2D eigenvalue weighted by molar-refractivity contribution is 7.89. The molecule has 0 saturated carbocycles. The van der Waals surface area contributed by atoms with Gasteiger partial charge in [0.15, 0.2) is 5.82 Å². The van der Waals surface area contributed by atoms with Crippen LogP contribution in [0.5, 0.6) is 5.75 Å². The van der Waals surface area contributed by atoms with E-state index in [0.29, 0.717) is 55.3 Å². The number of aryl methyl sites for hydroxylation is 2. The number of ether oxygens (including phenoxy) is 2. The lowest BCUT2D eigenvalue weighted by Crippen LogP contribution is -2.38. The van der Waals surface area contributed by atoms with Crippen molar-refractivity contribution < 1.29 is 17.9 Å². The molecule has 10 nitrogen and oxygen atoms in total. The van der Waals surface area contributed by atoms with Gasteiger partial charge < -0.3 is 19.3 Å². The highest BCUT2D eigenvalue weighted by Crippen LogP contribution is 2.25. The minimum atomic E-state index is -3.76. The number of methoxy groups -OCH3 is 1. The monoisotopic (exact) mass is 436 g/mol. The zero-order chi connectivity index (χ0) is 21.9. The summed E-state index contributed by atoms with van der Waals surface area (Å²) >= 11 is 0. The Balaban J connectivity index is 1.85. The second kappa shape index (κ2) is 9.11. The summed E-state index contributed by atoms with van der Waals surface area (Å²) in [5.41, 5.74) is 1.34. The maximum absolute atomic E-state index is 12.9. The predicted molar refractivity (Wildman–Crippen MR) is 114 cm³/mol. The first-order chi connectivity index (χ1) is 14.2. The van der Waals surface area contributed by atoms with Gasteiger partial charge in [-0.05, 0) is 37.1 Å². The number of hydrogen-bond acceptors (Lipinski definition) is 9. The van der Waals surface area contributed by atoms with E-state index in [1.807, 2.05) is 19.0 Å². The second-order valence-corrected chi connectivity index (χ2v) is 8.99. The van der Waals surface area contributed by atoms with Gasteiger partial charge in [0.1, 0.15) is 5.75 Å². The average Bonchev–Trinajstić information content (AvgIpc) is 2.74. The van der Waals surface area contributed by atoms with Crippen LogP contribution in [0.1, 0.15) is 17.0 Å². The average molecular weight is 437 g/mol. The first-order valence-corrected chi connectivity index (χ1v) is 11.1. The third kappa shape index (κ3) is 4.97. The SMILES string of the molecule is COc1cc(C)c(S(=O)(=O)NCc2nc(N(C)C)nc(N3CCOCC3)n2)cc1C. The number of sulfonamides is 1. The molecule has 1 aromatic heterocycles. The predicted octanol–water partition coefficient (Wildman–Crippen LogP) is 0.878. The molecule has 3 rings (SSSR count). The molecular weight excluding hydrogens is 408 g/mol. The molecule has 0 aliphatic carbocycles. The number of hydrogen-bond donors (Lipinski definition) is 1. The molecule has 0 atom stereocenters. The van der Waals surface area contributed by atoms with Crippen LogP contribution < -0.4 is 19.3 Å². The van der Waals surface area contributed by atoms with Crippen molar-refractivity contribution in [1.29, 1.82) is 0 Å². The van der Waals surface area contributed by atoms with Crippen LogP contribution >= 0.6 is 0 Å². The van der Waals surface area contributed by atoms with Crippen molar-refractivity contribution in [2.45, 2.75) is 25.3 Å². The summed E-state index contributed by atoms with van der Waals surface area (Å²) in [6, 6.07) is 3.32. The fourth-order valence-electron chi connectivity index (χ4n) is 3.09. The molecule has 2 heterocycles. The maximum atomic E-state index is 12.9. The first kappa shape index (κ1) is 22.2. The third-order valence-electron chi connectivity index (χ3n) is 4.75. The van der Waals surface area contributed by atoms with Gasteiger partial charge in [0.25, 0.3) is 0 Å². The van der Waals surface area contributed by atoms with Gasteiger partial charge in [-0.1, -0.05) is 0 Å². The van der Waals surface area contributed by atoms with Crippen LogP contribution in [0.4, 0.5) is 11.9 Å². The van der Waals surface area contributed by atoms with Crippen molar-refractivity contribution in [2.75, 3.05) is 57.3 Å². The van der Waals surface area contributed by atoms with Crippen LogP contribution in [0.3, 0.4) is 0 Å². The van der Waals surface area contributed by atoms with Crippen molar-refractivity contribution in [3.05, 3.63) is 29.1 Å². The molecule has 0 amide bonds. The molecule has 0 unspecified atom stereocenters. The van der Waals surface area contributed by atoms with E-state index in [1.165, 1.54) is 0 Å². The molecule has 164 valence electrons. The zero-order valence-corrected chi connectivity index (χ0v) is 18.8. The number of anilines is 2. The Hall–Kier alpha value is -2.50. The summed E-state index contributed by atoms with van der Waals surface area (Å²) in [4.78, 5) is 17.3. The molecule has 30 heavy (non-hydrogen) atoms. The minimum Gasteiger partial charge on any atom is -0.496 e. The Morgan fingerprint density at radius 2 is 1.83 bits per heavy atom. The molecular formula is C19H28N6O4S. The molecule has 1 aliphatic heterocycles. The fourth-order valence-corrected chi connectivity index (χ4v) is 4.38. The summed E-state index contributed by atoms with van der Waals surface area (Å²) in [5, 5.41) is 0. The van der Waals surface area contributed by atoms with Gasteiger partial charge in [0.2, 0.25) is 21.9 Å². The zero-order valence-electron chi connectivity index (χ0n) is 18.0. The second-order valence-electron chi connectivity index (χ2n) is 7.26. The Bertz CT molecular complexity index is 1010. The molecule has 1 aromatic carbocycles. The minimum absolute atomic E-state index is 0.0481. The number of rotatable bonds is 7. The molecule has 0 spiro atoms. The van der Waals surface area contributed by atoms with Crippen LogP contribution in [0.2, 0.25) is 0 Å². The first-order valence-electron chi connectivity index (χ1n) is 9.61. The number of morpholine rings is 1. The standard InChI is InChI=1S/C19H28N6O4S/c1-13-11-16(14(2)10-15(13)28-5)30(26,27)20-12-17-21-18(24(3)4)23-19(22-17)25-6-8-29-9-7-25/h10-11,20H,6-9,12H2,1-5H3. The summed E-state index contributed by atoms with van der Waals surface area (Å²) in [7, 11) is 1.46. The largest absolute Gasteiger partial charge is 0.496 e. The molecule has 1 N–H and O–H groups in total.